The maximum Gasteiger partial charge on any atom is 0.418 e. The highest BCUT2D eigenvalue weighted by molar-refractivity contribution is 5.90. The van der Waals surface area contributed by atoms with Crippen molar-refractivity contribution >= 4 is 17.4 Å². The van der Waals surface area contributed by atoms with Gasteiger partial charge in [-0.15, -0.1) is 0 Å². The topological polar surface area (TPSA) is 44.8 Å². The molecule has 0 unspecified atom stereocenters. The predicted octanol–water partition coefficient (Wildman–Crippen LogP) is 3.03. The van der Waals surface area contributed by atoms with Crippen LogP contribution >= 0.6 is 0 Å². The van der Waals surface area contributed by atoms with Crippen LogP contribution in [0.5, 0.6) is 0 Å². The number of halogens is 3. The number of amides is 2. The molecule has 2 amide bonds. The van der Waals surface area contributed by atoms with Gasteiger partial charge in [0.1, 0.15) is 0 Å². The van der Waals surface area contributed by atoms with E-state index in [0.717, 1.165) is 6.07 Å². The third-order valence-electron chi connectivity index (χ3n) is 3.75. The molecular weight excluding hydrogens is 311 g/mol. The molecule has 1 N–H and O–H groups in total. The third-order valence-corrected chi connectivity index (χ3v) is 3.75. The Hall–Kier alpha value is -1.96. The van der Waals surface area contributed by atoms with Gasteiger partial charge in [-0.1, -0.05) is 0 Å². The fourth-order valence-electron chi connectivity index (χ4n) is 2.25. The fraction of sp³-hybridized carbons (Fsp3) is 0.533. The summed E-state index contributed by atoms with van der Waals surface area (Å²) in [6, 6.07) is 3.39. The van der Waals surface area contributed by atoms with Crippen LogP contribution < -0.4 is 10.2 Å². The molecule has 0 aromatic heterocycles. The van der Waals surface area contributed by atoms with Crippen LogP contribution in [0.1, 0.15) is 12.5 Å². The molecular formula is C15H20F3N3O2. The number of carbonyl (C=O) groups excluding carboxylic acids is 1. The highest BCUT2D eigenvalue weighted by Gasteiger charge is 2.35. The Morgan fingerprint density at radius 2 is 2.00 bits per heavy atom. The van der Waals surface area contributed by atoms with E-state index >= 15 is 0 Å². The number of hydrogen-bond acceptors (Lipinski definition) is 3. The van der Waals surface area contributed by atoms with Crippen LogP contribution in [0.25, 0.3) is 0 Å². The molecule has 0 atom stereocenters. The van der Waals surface area contributed by atoms with Crippen molar-refractivity contribution in [2.24, 2.45) is 0 Å². The molecule has 0 spiro atoms. The number of nitrogens with one attached hydrogen (secondary N) is 1. The van der Waals surface area contributed by atoms with E-state index in [2.05, 4.69) is 5.32 Å². The van der Waals surface area contributed by atoms with Gasteiger partial charge in [0, 0.05) is 32.4 Å². The number of nitrogens with zero attached hydrogens (tertiary/aromatic N) is 2. The number of benzene rings is 1. The standard InChI is InChI=1S/C15H20F3N3O2/c1-3-20(2)14(22)19-13-5-4-11(10-12(13)15(16,17)18)21-6-8-23-9-7-21/h4-5,10H,3,6-9H2,1-2H3,(H,19,22). The quantitative estimate of drug-likeness (QED) is 0.926. The van der Waals surface area contributed by atoms with Crippen molar-refractivity contribution < 1.29 is 22.7 Å². The van der Waals surface area contributed by atoms with Crippen LogP contribution in [0.2, 0.25) is 0 Å². The van der Waals surface area contributed by atoms with Crippen molar-refractivity contribution in [2.75, 3.05) is 50.1 Å². The van der Waals surface area contributed by atoms with E-state index in [1.165, 1.54) is 18.0 Å². The highest BCUT2D eigenvalue weighted by Crippen LogP contribution is 2.37. The van der Waals surface area contributed by atoms with Crippen molar-refractivity contribution in [3.63, 3.8) is 0 Å². The summed E-state index contributed by atoms with van der Waals surface area (Å²) >= 11 is 0. The number of morpholine rings is 1. The Kier molecular flexibility index (Phi) is 5.35. The van der Waals surface area contributed by atoms with Crippen molar-refractivity contribution in [2.45, 2.75) is 13.1 Å². The van der Waals surface area contributed by atoms with Gasteiger partial charge in [-0.25, -0.2) is 4.79 Å². The maximum absolute atomic E-state index is 13.3. The van der Waals surface area contributed by atoms with Crippen LogP contribution in [0, 0.1) is 0 Å². The van der Waals surface area contributed by atoms with E-state index in [0.29, 0.717) is 38.5 Å². The predicted molar refractivity (Wildman–Crippen MR) is 81.8 cm³/mol. The number of carbonyl (C=O) groups is 1. The Bertz CT molecular complexity index is 557. The lowest BCUT2D eigenvalue weighted by molar-refractivity contribution is -0.136. The highest BCUT2D eigenvalue weighted by atomic mass is 19.4. The summed E-state index contributed by atoms with van der Waals surface area (Å²) < 4.78 is 45.2. The molecule has 1 heterocycles. The minimum absolute atomic E-state index is 0.236. The molecule has 23 heavy (non-hydrogen) atoms. The summed E-state index contributed by atoms with van der Waals surface area (Å²) in [5.74, 6) is 0. The molecule has 0 radical (unpaired) electrons. The summed E-state index contributed by atoms with van der Waals surface area (Å²) in [5.41, 5.74) is -0.610. The van der Waals surface area contributed by atoms with E-state index < -0.39 is 17.8 Å². The zero-order valence-corrected chi connectivity index (χ0v) is 13.1. The van der Waals surface area contributed by atoms with E-state index in [1.807, 2.05) is 4.90 Å². The lowest BCUT2D eigenvalue weighted by Crippen LogP contribution is -2.36. The van der Waals surface area contributed by atoms with Gasteiger partial charge in [0.2, 0.25) is 0 Å². The summed E-state index contributed by atoms with van der Waals surface area (Å²) in [6.07, 6.45) is -4.55. The van der Waals surface area contributed by atoms with Crippen molar-refractivity contribution in [1.82, 2.24) is 4.90 Å². The Labute approximate surface area is 133 Å². The molecule has 1 fully saturated rings. The first-order valence-corrected chi connectivity index (χ1v) is 7.39. The van der Waals surface area contributed by atoms with Crippen molar-refractivity contribution in [3.8, 4) is 0 Å². The number of hydrogen-bond donors (Lipinski definition) is 1. The van der Waals surface area contributed by atoms with Crippen LogP contribution in [0.15, 0.2) is 18.2 Å². The molecule has 1 aliphatic rings. The number of rotatable bonds is 3. The lowest BCUT2D eigenvalue weighted by atomic mass is 10.1. The Balaban J connectivity index is 2.29. The second-order valence-electron chi connectivity index (χ2n) is 5.27. The van der Waals surface area contributed by atoms with Gasteiger partial charge in [0.15, 0.2) is 0 Å². The second kappa shape index (κ2) is 7.08. The van der Waals surface area contributed by atoms with Crippen molar-refractivity contribution in [1.29, 1.82) is 0 Å². The molecule has 1 saturated heterocycles. The first-order chi connectivity index (χ1) is 10.8. The first kappa shape index (κ1) is 17.4. The van der Waals surface area contributed by atoms with E-state index in [9.17, 15) is 18.0 Å². The molecule has 128 valence electrons. The Morgan fingerprint density at radius 3 is 2.57 bits per heavy atom. The third kappa shape index (κ3) is 4.28. The minimum Gasteiger partial charge on any atom is -0.378 e. The minimum atomic E-state index is -4.55. The van der Waals surface area contributed by atoms with Gasteiger partial charge >= 0.3 is 12.2 Å². The van der Waals surface area contributed by atoms with Crippen LogP contribution in [-0.4, -0.2) is 50.8 Å². The molecule has 5 nitrogen and oxygen atoms in total. The van der Waals surface area contributed by atoms with Gasteiger partial charge in [-0.2, -0.15) is 13.2 Å². The normalized spacial score (nSPS) is 15.4. The van der Waals surface area contributed by atoms with E-state index in [-0.39, 0.29) is 5.69 Å². The SMILES string of the molecule is CCN(C)C(=O)Nc1ccc(N2CCOCC2)cc1C(F)(F)F. The van der Waals surface area contributed by atoms with Gasteiger partial charge < -0.3 is 19.9 Å². The van der Waals surface area contributed by atoms with Gasteiger partial charge in [-0.3, -0.25) is 0 Å². The monoisotopic (exact) mass is 331 g/mol. The van der Waals surface area contributed by atoms with Crippen LogP contribution in [0.3, 0.4) is 0 Å². The van der Waals surface area contributed by atoms with Crippen molar-refractivity contribution in [3.05, 3.63) is 23.8 Å². The maximum atomic E-state index is 13.3. The molecule has 8 heteroatoms. The number of ether oxygens (including phenoxy) is 1. The van der Waals surface area contributed by atoms with E-state index in [1.54, 1.807) is 13.0 Å². The average Bonchev–Trinajstić information content (AvgIpc) is 2.54. The largest absolute Gasteiger partial charge is 0.418 e. The summed E-state index contributed by atoms with van der Waals surface area (Å²) in [7, 11) is 1.52. The fourth-order valence-corrected chi connectivity index (χ4v) is 2.25. The first-order valence-electron chi connectivity index (χ1n) is 7.39. The van der Waals surface area contributed by atoms with Crippen LogP contribution in [0.4, 0.5) is 29.3 Å². The number of alkyl halides is 3. The average molecular weight is 331 g/mol. The number of anilines is 2. The molecule has 0 aliphatic carbocycles. The molecule has 1 aromatic carbocycles. The van der Waals surface area contributed by atoms with Gasteiger partial charge in [0.25, 0.3) is 0 Å². The van der Waals surface area contributed by atoms with Crippen LogP contribution in [-0.2, 0) is 10.9 Å². The summed E-state index contributed by atoms with van der Waals surface area (Å²) in [5, 5.41) is 2.32. The molecule has 1 aliphatic heterocycles. The van der Waals surface area contributed by atoms with E-state index in [4.69, 9.17) is 4.74 Å². The molecule has 1 aromatic rings. The van der Waals surface area contributed by atoms with Gasteiger partial charge in [0.05, 0.1) is 24.5 Å². The summed E-state index contributed by atoms with van der Waals surface area (Å²) in [6.45, 7) is 4.20. The second-order valence-corrected chi connectivity index (χ2v) is 5.27. The Morgan fingerprint density at radius 1 is 1.35 bits per heavy atom. The molecule has 0 bridgehead atoms. The van der Waals surface area contributed by atoms with Gasteiger partial charge in [-0.05, 0) is 25.1 Å². The number of urea groups is 1. The zero-order valence-electron chi connectivity index (χ0n) is 13.1. The summed E-state index contributed by atoms with van der Waals surface area (Å²) in [4.78, 5) is 15.0. The smallest absolute Gasteiger partial charge is 0.378 e. The molecule has 0 saturated carbocycles. The zero-order chi connectivity index (χ0) is 17.0. The molecule has 2 rings (SSSR count). The lowest BCUT2D eigenvalue weighted by Gasteiger charge is -2.30.